The number of aliphatic hydroxyl groups is 2. The predicted molar refractivity (Wildman–Crippen MR) is 68.7 cm³/mol. The molecule has 0 saturated heterocycles. The normalized spacial score (nSPS) is 13.9. The molecule has 0 bridgehead atoms. The number of hydrogen-bond donors (Lipinski definition) is 3. The van der Waals surface area contributed by atoms with Gasteiger partial charge in [0, 0.05) is 6.61 Å². The summed E-state index contributed by atoms with van der Waals surface area (Å²) in [6.07, 6.45) is -1.79. The number of aromatic hydroxyl groups is 1. The molecule has 0 unspecified atom stereocenters. The number of phenols is 1. The Morgan fingerprint density at radius 3 is 2.05 bits per heavy atom. The number of benzene rings is 1. The van der Waals surface area contributed by atoms with Gasteiger partial charge in [-0.1, -0.05) is 0 Å². The Labute approximate surface area is 112 Å². The quantitative estimate of drug-likeness (QED) is 0.681. The van der Waals surface area contributed by atoms with Crippen molar-refractivity contribution in [2.75, 3.05) is 27.4 Å². The van der Waals surface area contributed by atoms with Crippen molar-refractivity contribution in [3.8, 4) is 17.2 Å². The average Bonchev–Trinajstić information content (AvgIpc) is 2.44. The number of aliphatic hydroxyl groups excluding tert-OH is 2. The average molecular weight is 272 g/mol. The second kappa shape index (κ2) is 7.18. The number of phenolic OH excluding ortho intramolecular Hbond substituents is 1. The summed E-state index contributed by atoms with van der Waals surface area (Å²) in [7, 11) is 2.83. The molecule has 0 aromatic heterocycles. The van der Waals surface area contributed by atoms with Crippen molar-refractivity contribution >= 4 is 0 Å². The SMILES string of the molecule is CCO[C@@H](c1cc(OC)c(O)c(OC)c1)[C@@H](O)CO. The van der Waals surface area contributed by atoms with Crippen molar-refractivity contribution < 1.29 is 29.5 Å². The summed E-state index contributed by atoms with van der Waals surface area (Å²) in [5.74, 6) is 0.302. The highest BCUT2D eigenvalue weighted by Crippen LogP contribution is 2.39. The topological polar surface area (TPSA) is 88.4 Å². The van der Waals surface area contributed by atoms with Crippen LogP contribution in [-0.2, 0) is 4.74 Å². The van der Waals surface area contributed by atoms with Gasteiger partial charge in [0.1, 0.15) is 12.2 Å². The van der Waals surface area contributed by atoms with Crippen LogP contribution in [0.4, 0.5) is 0 Å². The van der Waals surface area contributed by atoms with E-state index < -0.39 is 18.8 Å². The molecule has 6 heteroatoms. The third-order valence-corrected chi connectivity index (χ3v) is 2.71. The maximum absolute atomic E-state index is 9.82. The van der Waals surface area contributed by atoms with E-state index in [0.717, 1.165) is 0 Å². The van der Waals surface area contributed by atoms with Gasteiger partial charge in [0.15, 0.2) is 11.5 Å². The minimum Gasteiger partial charge on any atom is -0.502 e. The van der Waals surface area contributed by atoms with Gasteiger partial charge < -0.3 is 29.5 Å². The summed E-state index contributed by atoms with van der Waals surface area (Å²) >= 11 is 0. The van der Waals surface area contributed by atoms with Crippen LogP contribution in [0.15, 0.2) is 12.1 Å². The minimum absolute atomic E-state index is 0.123. The van der Waals surface area contributed by atoms with Crippen LogP contribution in [0.5, 0.6) is 17.2 Å². The highest BCUT2D eigenvalue weighted by atomic mass is 16.5. The predicted octanol–water partition coefficient (Wildman–Crippen LogP) is 0.840. The molecule has 6 nitrogen and oxygen atoms in total. The summed E-state index contributed by atoms with van der Waals surface area (Å²) in [6.45, 7) is 1.72. The molecule has 1 aromatic carbocycles. The first-order valence-corrected chi connectivity index (χ1v) is 5.94. The Hall–Kier alpha value is -1.50. The Kier molecular flexibility index (Phi) is 5.88. The van der Waals surface area contributed by atoms with Crippen molar-refractivity contribution in [3.05, 3.63) is 17.7 Å². The molecule has 0 spiro atoms. The van der Waals surface area contributed by atoms with Crippen LogP contribution >= 0.6 is 0 Å². The van der Waals surface area contributed by atoms with Crippen molar-refractivity contribution in [2.45, 2.75) is 19.1 Å². The monoisotopic (exact) mass is 272 g/mol. The van der Waals surface area contributed by atoms with Gasteiger partial charge in [0.05, 0.1) is 20.8 Å². The Bertz CT molecular complexity index is 381. The Morgan fingerprint density at radius 2 is 1.68 bits per heavy atom. The minimum atomic E-state index is -1.07. The van der Waals surface area contributed by atoms with E-state index in [4.69, 9.17) is 19.3 Å². The molecule has 1 aromatic rings. The zero-order valence-corrected chi connectivity index (χ0v) is 11.3. The molecule has 1 rings (SSSR count). The van der Waals surface area contributed by atoms with Crippen molar-refractivity contribution in [3.63, 3.8) is 0 Å². The second-order valence-electron chi connectivity index (χ2n) is 3.90. The van der Waals surface area contributed by atoms with E-state index in [1.807, 2.05) is 0 Å². The van der Waals surface area contributed by atoms with E-state index in [1.165, 1.54) is 26.4 Å². The first-order valence-electron chi connectivity index (χ1n) is 5.94. The highest BCUT2D eigenvalue weighted by Gasteiger charge is 2.24. The molecule has 0 aliphatic carbocycles. The lowest BCUT2D eigenvalue weighted by molar-refractivity contribution is -0.0561. The molecule has 0 heterocycles. The molecular formula is C13H20O6. The van der Waals surface area contributed by atoms with E-state index in [0.29, 0.717) is 12.2 Å². The maximum atomic E-state index is 9.82. The Balaban J connectivity index is 3.22. The van der Waals surface area contributed by atoms with Crippen LogP contribution < -0.4 is 9.47 Å². The van der Waals surface area contributed by atoms with Gasteiger partial charge >= 0.3 is 0 Å². The summed E-state index contributed by atoms with van der Waals surface area (Å²) in [5, 5.41) is 28.7. The second-order valence-corrected chi connectivity index (χ2v) is 3.90. The molecule has 108 valence electrons. The molecule has 0 radical (unpaired) electrons. The summed E-state index contributed by atoms with van der Waals surface area (Å²) in [5.41, 5.74) is 0.551. The van der Waals surface area contributed by atoms with Gasteiger partial charge in [-0.05, 0) is 24.6 Å². The number of hydrogen-bond acceptors (Lipinski definition) is 6. The molecule has 0 aliphatic heterocycles. The van der Waals surface area contributed by atoms with E-state index in [-0.39, 0.29) is 17.2 Å². The molecule has 0 saturated carbocycles. The zero-order chi connectivity index (χ0) is 14.4. The molecule has 0 aliphatic rings. The Morgan fingerprint density at radius 1 is 1.16 bits per heavy atom. The van der Waals surface area contributed by atoms with Crippen molar-refractivity contribution in [2.24, 2.45) is 0 Å². The van der Waals surface area contributed by atoms with Crippen LogP contribution in [0.3, 0.4) is 0 Å². The lowest BCUT2D eigenvalue weighted by Crippen LogP contribution is -2.25. The fraction of sp³-hybridized carbons (Fsp3) is 0.538. The largest absolute Gasteiger partial charge is 0.502 e. The first kappa shape index (κ1) is 15.6. The standard InChI is InChI=1S/C13H20O6/c1-4-19-13(9(15)7-14)8-5-10(17-2)12(16)11(6-8)18-3/h5-6,9,13-16H,4,7H2,1-3H3/t9-,13-/m0/s1. The van der Waals surface area contributed by atoms with Crippen molar-refractivity contribution in [1.29, 1.82) is 0 Å². The van der Waals surface area contributed by atoms with Crippen LogP contribution in [-0.4, -0.2) is 48.9 Å². The summed E-state index contributed by atoms with van der Waals surface area (Å²) < 4.78 is 15.5. The fourth-order valence-corrected chi connectivity index (χ4v) is 1.78. The fourth-order valence-electron chi connectivity index (χ4n) is 1.78. The number of rotatable bonds is 7. The molecule has 0 fully saturated rings. The van der Waals surface area contributed by atoms with E-state index >= 15 is 0 Å². The van der Waals surface area contributed by atoms with Gasteiger partial charge in [0.2, 0.25) is 5.75 Å². The first-order chi connectivity index (χ1) is 9.08. The molecule has 0 amide bonds. The zero-order valence-electron chi connectivity index (χ0n) is 11.3. The van der Waals surface area contributed by atoms with Crippen LogP contribution in [0.2, 0.25) is 0 Å². The maximum Gasteiger partial charge on any atom is 0.200 e. The van der Waals surface area contributed by atoms with Gasteiger partial charge in [-0.25, -0.2) is 0 Å². The van der Waals surface area contributed by atoms with E-state index in [2.05, 4.69) is 0 Å². The van der Waals surface area contributed by atoms with Gasteiger partial charge in [-0.3, -0.25) is 0 Å². The third kappa shape index (κ3) is 3.50. The van der Waals surface area contributed by atoms with Gasteiger partial charge in [-0.15, -0.1) is 0 Å². The lowest BCUT2D eigenvalue weighted by Gasteiger charge is -2.23. The smallest absolute Gasteiger partial charge is 0.200 e. The summed E-state index contributed by atoms with van der Waals surface area (Å²) in [6, 6.07) is 3.08. The molecule has 2 atom stereocenters. The molecule has 19 heavy (non-hydrogen) atoms. The number of methoxy groups -OCH3 is 2. The molecular weight excluding hydrogens is 252 g/mol. The lowest BCUT2D eigenvalue weighted by atomic mass is 10.0. The van der Waals surface area contributed by atoms with Crippen LogP contribution in [0, 0.1) is 0 Å². The van der Waals surface area contributed by atoms with Gasteiger partial charge in [-0.2, -0.15) is 0 Å². The third-order valence-electron chi connectivity index (χ3n) is 2.71. The summed E-state index contributed by atoms with van der Waals surface area (Å²) in [4.78, 5) is 0. The van der Waals surface area contributed by atoms with E-state index in [9.17, 15) is 10.2 Å². The van der Waals surface area contributed by atoms with Gasteiger partial charge in [0.25, 0.3) is 0 Å². The van der Waals surface area contributed by atoms with Crippen LogP contribution in [0.1, 0.15) is 18.6 Å². The number of ether oxygens (including phenoxy) is 3. The highest BCUT2D eigenvalue weighted by molar-refractivity contribution is 5.53. The molecule has 3 N–H and O–H groups in total. The van der Waals surface area contributed by atoms with Crippen molar-refractivity contribution in [1.82, 2.24) is 0 Å². The van der Waals surface area contributed by atoms with E-state index in [1.54, 1.807) is 6.92 Å². The van der Waals surface area contributed by atoms with Crippen LogP contribution in [0.25, 0.3) is 0 Å².